The summed E-state index contributed by atoms with van der Waals surface area (Å²) in [7, 11) is 0. The van der Waals surface area contributed by atoms with E-state index in [4.69, 9.17) is 0 Å². The molecule has 0 spiro atoms. The number of rotatable bonds is 3. The molecule has 0 bridgehead atoms. The zero-order valence-corrected chi connectivity index (χ0v) is 15.8. The average Bonchev–Trinajstić information content (AvgIpc) is 3.36. The first kappa shape index (κ1) is 18.0. The second-order valence-electron chi connectivity index (χ2n) is 8.15. The number of aryl methyl sites for hydroxylation is 1. The lowest BCUT2D eigenvalue weighted by molar-refractivity contribution is -0.144. The van der Waals surface area contributed by atoms with E-state index in [-0.39, 0.29) is 23.9 Å². The van der Waals surface area contributed by atoms with E-state index in [1.165, 1.54) is 11.1 Å². The predicted octanol–water partition coefficient (Wildman–Crippen LogP) is 2.69. The second-order valence-corrected chi connectivity index (χ2v) is 8.15. The van der Waals surface area contributed by atoms with Crippen molar-refractivity contribution in [3.63, 3.8) is 0 Å². The number of nitrogens with zero attached hydrogens (tertiary/aromatic N) is 3. The molecular formula is C22H27N3O2. The molecule has 0 N–H and O–H groups in total. The maximum absolute atomic E-state index is 13.0. The van der Waals surface area contributed by atoms with Crippen LogP contribution in [-0.2, 0) is 22.4 Å². The van der Waals surface area contributed by atoms with Gasteiger partial charge in [-0.1, -0.05) is 24.3 Å². The van der Waals surface area contributed by atoms with Crippen molar-refractivity contribution >= 4 is 11.8 Å². The number of likely N-dealkylation sites (tertiary alicyclic amines) is 2. The van der Waals surface area contributed by atoms with E-state index < -0.39 is 0 Å². The van der Waals surface area contributed by atoms with Gasteiger partial charge in [-0.15, -0.1) is 0 Å². The number of amides is 2. The molecule has 3 atom stereocenters. The van der Waals surface area contributed by atoms with Crippen LogP contribution in [-0.4, -0.2) is 46.8 Å². The van der Waals surface area contributed by atoms with Crippen molar-refractivity contribution in [3.8, 4) is 6.07 Å². The number of hydrogen-bond acceptors (Lipinski definition) is 3. The van der Waals surface area contributed by atoms with Gasteiger partial charge >= 0.3 is 0 Å². The highest BCUT2D eigenvalue weighted by atomic mass is 16.2. The second kappa shape index (κ2) is 7.72. The van der Waals surface area contributed by atoms with Gasteiger partial charge in [-0.3, -0.25) is 9.59 Å². The van der Waals surface area contributed by atoms with Crippen LogP contribution in [0.4, 0.5) is 0 Å². The fourth-order valence-electron chi connectivity index (χ4n) is 4.99. The van der Waals surface area contributed by atoms with Crippen molar-refractivity contribution in [2.24, 2.45) is 5.92 Å². The van der Waals surface area contributed by atoms with Crippen molar-refractivity contribution in [1.29, 1.82) is 5.26 Å². The van der Waals surface area contributed by atoms with Crippen LogP contribution in [0.2, 0.25) is 0 Å². The Labute approximate surface area is 160 Å². The minimum absolute atomic E-state index is 0.0149. The van der Waals surface area contributed by atoms with Crippen LogP contribution in [0, 0.1) is 17.2 Å². The third-order valence-corrected chi connectivity index (χ3v) is 6.46. The van der Waals surface area contributed by atoms with Gasteiger partial charge in [-0.25, -0.2) is 0 Å². The molecule has 2 amide bonds. The first-order chi connectivity index (χ1) is 13.2. The van der Waals surface area contributed by atoms with Gasteiger partial charge < -0.3 is 9.80 Å². The number of hydrogen-bond donors (Lipinski definition) is 0. The van der Waals surface area contributed by atoms with Crippen LogP contribution in [0.15, 0.2) is 24.3 Å². The van der Waals surface area contributed by atoms with E-state index in [0.717, 1.165) is 44.9 Å². The highest BCUT2D eigenvalue weighted by molar-refractivity contribution is 5.89. The summed E-state index contributed by atoms with van der Waals surface area (Å²) >= 11 is 0. The van der Waals surface area contributed by atoms with Gasteiger partial charge in [0.15, 0.2) is 0 Å². The van der Waals surface area contributed by atoms with Gasteiger partial charge in [-0.05, 0) is 62.0 Å². The van der Waals surface area contributed by atoms with Crippen LogP contribution in [0.5, 0.6) is 0 Å². The smallest absolute Gasteiger partial charge is 0.246 e. The topological polar surface area (TPSA) is 64.4 Å². The summed E-state index contributed by atoms with van der Waals surface area (Å²) in [6, 6.07) is 10.1. The normalized spacial score (nSPS) is 27.3. The summed E-state index contributed by atoms with van der Waals surface area (Å²) in [4.78, 5) is 29.5. The zero-order valence-electron chi connectivity index (χ0n) is 15.8. The van der Waals surface area contributed by atoms with Crippen LogP contribution in [0.25, 0.3) is 0 Å². The summed E-state index contributed by atoms with van der Waals surface area (Å²) in [5.41, 5.74) is 2.77. The largest absolute Gasteiger partial charge is 0.331 e. The minimum Gasteiger partial charge on any atom is -0.331 e. The SMILES string of the molecule is N#CC1CCCN1C(=O)[C@H]1CCCN1C(=O)CC1CCc2ccccc2C1. The molecule has 0 saturated carbocycles. The minimum atomic E-state index is -0.359. The molecule has 2 unspecified atom stereocenters. The molecule has 5 heteroatoms. The van der Waals surface area contributed by atoms with Crippen molar-refractivity contribution in [3.05, 3.63) is 35.4 Å². The molecule has 27 heavy (non-hydrogen) atoms. The summed E-state index contributed by atoms with van der Waals surface area (Å²) in [6.07, 6.45) is 6.80. The van der Waals surface area contributed by atoms with Crippen LogP contribution >= 0.6 is 0 Å². The van der Waals surface area contributed by atoms with E-state index in [9.17, 15) is 14.9 Å². The van der Waals surface area contributed by atoms with Crippen LogP contribution in [0.3, 0.4) is 0 Å². The van der Waals surface area contributed by atoms with Gasteiger partial charge in [0.05, 0.1) is 6.07 Å². The molecule has 2 saturated heterocycles. The number of nitriles is 1. The van der Waals surface area contributed by atoms with E-state index in [1.54, 1.807) is 9.80 Å². The van der Waals surface area contributed by atoms with Gasteiger partial charge in [-0.2, -0.15) is 5.26 Å². The maximum atomic E-state index is 13.0. The lowest BCUT2D eigenvalue weighted by atomic mass is 9.82. The molecular weight excluding hydrogens is 338 g/mol. The highest BCUT2D eigenvalue weighted by Gasteiger charge is 2.40. The first-order valence-electron chi connectivity index (χ1n) is 10.2. The summed E-state index contributed by atoms with van der Waals surface area (Å²) in [5, 5.41) is 9.28. The molecule has 2 heterocycles. The van der Waals surface area contributed by atoms with Gasteiger partial charge in [0, 0.05) is 19.5 Å². The number of fused-ring (bicyclic) bond motifs is 1. The third kappa shape index (κ3) is 3.58. The highest BCUT2D eigenvalue weighted by Crippen LogP contribution is 2.30. The molecule has 3 aliphatic rings. The molecule has 1 aromatic rings. The van der Waals surface area contributed by atoms with Gasteiger partial charge in [0.1, 0.15) is 12.1 Å². The Balaban J connectivity index is 1.40. The lowest BCUT2D eigenvalue weighted by Crippen LogP contribution is -2.49. The van der Waals surface area contributed by atoms with Crippen molar-refractivity contribution in [2.75, 3.05) is 13.1 Å². The van der Waals surface area contributed by atoms with Crippen LogP contribution in [0.1, 0.15) is 49.7 Å². The summed E-state index contributed by atoms with van der Waals surface area (Å²) in [6.45, 7) is 1.32. The molecule has 4 rings (SSSR count). The molecule has 0 aromatic heterocycles. The van der Waals surface area contributed by atoms with E-state index >= 15 is 0 Å². The Morgan fingerprint density at radius 3 is 2.59 bits per heavy atom. The molecule has 1 aromatic carbocycles. The zero-order chi connectivity index (χ0) is 18.8. The lowest BCUT2D eigenvalue weighted by Gasteiger charge is -2.31. The van der Waals surface area contributed by atoms with Gasteiger partial charge in [0.2, 0.25) is 11.8 Å². The molecule has 1 aliphatic carbocycles. The Kier molecular flexibility index (Phi) is 5.15. The van der Waals surface area contributed by atoms with E-state index in [0.29, 0.717) is 25.4 Å². The predicted molar refractivity (Wildman–Crippen MR) is 102 cm³/mol. The molecule has 142 valence electrons. The Bertz CT molecular complexity index is 769. The first-order valence-corrected chi connectivity index (χ1v) is 10.2. The molecule has 5 nitrogen and oxygen atoms in total. The fourth-order valence-corrected chi connectivity index (χ4v) is 4.99. The number of benzene rings is 1. The maximum Gasteiger partial charge on any atom is 0.246 e. The monoisotopic (exact) mass is 365 g/mol. The number of carbonyl (C=O) groups excluding carboxylic acids is 2. The molecule has 2 aliphatic heterocycles. The van der Waals surface area contributed by atoms with Gasteiger partial charge in [0.25, 0.3) is 0 Å². The molecule has 2 fully saturated rings. The van der Waals surface area contributed by atoms with E-state index in [1.807, 2.05) is 0 Å². The van der Waals surface area contributed by atoms with Crippen molar-refractivity contribution < 1.29 is 9.59 Å². The Hall–Kier alpha value is -2.35. The van der Waals surface area contributed by atoms with Crippen molar-refractivity contribution in [2.45, 2.75) is 63.5 Å². The van der Waals surface area contributed by atoms with Crippen LogP contribution < -0.4 is 0 Å². The summed E-state index contributed by atoms with van der Waals surface area (Å²) < 4.78 is 0. The van der Waals surface area contributed by atoms with E-state index in [2.05, 4.69) is 30.3 Å². The quantitative estimate of drug-likeness (QED) is 0.827. The standard InChI is InChI=1S/C22H27N3O2/c23-15-19-7-3-11-24(19)22(27)20-8-4-12-25(20)21(26)14-16-9-10-17-5-1-2-6-18(17)13-16/h1-2,5-6,16,19-20H,3-4,7-14H2/t16?,19?,20-/m1/s1. The van der Waals surface area contributed by atoms with Crippen molar-refractivity contribution in [1.82, 2.24) is 9.80 Å². The summed E-state index contributed by atoms with van der Waals surface area (Å²) in [5.74, 6) is 0.462. The molecule has 0 radical (unpaired) electrons. The third-order valence-electron chi connectivity index (χ3n) is 6.46. The number of carbonyl (C=O) groups is 2. The Morgan fingerprint density at radius 2 is 1.78 bits per heavy atom. The Morgan fingerprint density at radius 1 is 1.04 bits per heavy atom. The fraction of sp³-hybridized carbons (Fsp3) is 0.591. The average molecular weight is 365 g/mol.